The monoisotopic (exact) mass is 302 g/mol. The van der Waals surface area contributed by atoms with Crippen LogP contribution >= 0.6 is 0 Å². The van der Waals surface area contributed by atoms with Gasteiger partial charge >= 0.3 is 6.18 Å². The summed E-state index contributed by atoms with van der Waals surface area (Å²) in [6.07, 6.45) is -1.83. The van der Waals surface area contributed by atoms with E-state index < -0.39 is 12.0 Å². The first-order valence-electron chi connectivity index (χ1n) is 6.52. The first-order valence-corrected chi connectivity index (χ1v) is 6.52. The molecule has 21 heavy (non-hydrogen) atoms. The minimum absolute atomic E-state index is 0.0417. The number of pyridine rings is 1. The molecule has 0 aliphatic heterocycles. The van der Waals surface area contributed by atoms with E-state index in [1.807, 2.05) is 6.92 Å². The van der Waals surface area contributed by atoms with Gasteiger partial charge in [-0.1, -0.05) is 0 Å². The molecular weight excluding hydrogens is 285 g/mol. The fraction of sp³-hybridized carbons (Fsp3) is 0.429. The second-order valence-corrected chi connectivity index (χ2v) is 4.19. The molecule has 1 N–H and O–H groups in total. The molecule has 116 valence electrons. The largest absolute Gasteiger partial charge is 0.478 e. The summed E-state index contributed by atoms with van der Waals surface area (Å²) in [6.45, 7) is 2.83. The zero-order chi connectivity index (χ0) is 15.7. The highest BCUT2D eigenvalue weighted by Crippen LogP contribution is 2.16. The van der Waals surface area contributed by atoms with Crippen molar-refractivity contribution in [3.8, 4) is 5.88 Å². The number of ether oxygens (including phenoxy) is 1. The van der Waals surface area contributed by atoms with E-state index in [9.17, 15) is 18.0 Å². The standard InChI is InChI=1S/C14H17F3N2O2/c1-2-21-13-10-11(6-9-19-13)18-8-3-4-12(20)5-7-14(15,16)17/h5-7,9-10H,2-4,8H2,1H3,(H,18,19)/b7-5+. The Labute approximate surface area is 121 Å². The SMILES string of the molecule is CCOc1cc(NCCCC(=O)/C=C/C(F)(F)F)ccn1. The molecule has 0 bridgehead atoms. The number of ketones is 1. The van der Waals surface area contributed by atoms with Gasteiger partial charge in [0.2, 0.25) is 5.88 Å². The Balaban J connectivity index is 2.29. The number of carbonyl (C=O) groups excluding carboxylic acids is 1. The number of allylic oxidation sites excluding steroid dienone is 2. The van der Waals surface area contributed by atoms with Gasteiger partial charge in [0.25, 0.3) is 0 Å². The number of alkyl halides is 3. The molecule has 0 unspecified atom stereocenters. The molecule has 7 heteroatoms. The van der Waals surface area contributed by atoms with Crippen LogP contribution in [0.5, 0.6) is 5.88 Å². The van der Waals surface area contributed by atoms with Crippen molar-refractivity contribution in [1.29, 1.82) is 0 Å². The quantitative estimate of drug-likeness (QED) is 0.591. The van der Waals surface area contributed by atoms with Gasteiger partial charge in [-0.3, -0.25) is 4.79 Å². The molecule has 1 heterocycles. The van der Waals surface area contributed by atoms with Gasteiger partial charge in [0.1, 0.15) is 0 Å². The third-order valence-electron chi connectivity index (χ3n) is 2.41. The smallest absolute Gasteiger partial charge is 0.409 e. The van der Waals surface area contributed by atoms with E-state index in [-0.39, 0.29) is 12.5 Å². The molecular formula is C14H17F3N2O2. The van der Waals surface area contributed by atoms with E-state index >= 15 is 0 Å². The average molecular weight is 302 g/mol. The van der Waals surface area contributed by atoms with Crippen molar-refractivity contribution in [3.05, 3.63) is 30.5 Å². The molecule has 1 aromatic heterocycles. The van der Waals surface area contributed by atoms with Crippen LogP contribution in [0.4, 0.5) is 18.9 Å². The number of carbonyl (C=O) groups is 1. The second kappa shape index (κ2) is 8.28. The lowest BCUT2D eigenvalue weighted by Crippen LogP contribution is -2.06. The molecule has 0 fully saturated rings. The molecule has 0 radical (unpaired) electrons. The Morgan fingerprint density at radius 3 is 2.90 bits per heavy atom. The fourth-order valence-corrected chi connectivity index (χ4v) is 1.51. The van der Waals surface area contributed by atoms with Gasteiger partial charge in [0.05, 0.1) is 6.61 Å². The van der Waals surface area contributed by atoms with Gasteiger partial charge in [0.15, 0.2) is 5.78 Å². The number of hydrogen-bond acceptors (Lipinski definition) is 4. The highest BCUT2D eigenvalue weighted by atomic mass is 19.4. The van der Waals surface area contributed by atoms with Gasteiger partial charge in [-0.2, -0.15) is 13.2 Å². The lowest BCUT2D eigenvalue weighted by Gasteiger charge is -2.07. The zero-order valence-corrected chi connectivity index (χ0v) is 11.6. The second-order valence-electron chi connectivity index (χ2n) is 4.19. The lowest BCUT2D eigenvalue weighted by atomic mass is 10.2. The number of nitrogens with zero attached hydrogens (tertiary/aromatic N) is 1. The van der Waals surface area contributed by atoms with E-state index in [4.69, 9.17) is 4.74 Å². The van der Waals surface area contributed by atoms with Crippen LogP contribution in [0, 0.1) is 0 Å². The van der Waals surface area contributed by atoms with Gasteiger partial charge in [0, 0.05) is 37.0 Å². The van der Waals surface area contributed by atoms with Gasteiger partial charge in [-0.15, -0.1) is 0 Å². The maximum atomic E-state index is 11.9. The van der Waals surface area contributed by atoms with Gasteiger partial charge in [-0.25, -0.2) is 4.98 Å². The molecule has 0 saturated carbocycles. The highest BCUT2D eigenvalue weighted by molar-refractivity contribution is 5.89. The molecule has 0 aromatic carbocycles. The Hall–Kier alpha value is -2.05. The molecule has 0 aliphatic carbocycles. The number of hydrogen-bond donors (Lipinski definition) is 1. The molecule has 1 aromatic rings. The van der Waals surface area contributed by atoms with Gasteiger partial charge in [-0.05, 0) is 25.5 Å². The van der Waals surface area contributed by atoms with E-state index in [0.717, 1.165) is 5.69 Å². The van der Waals surface area contributed by atoms with E-state index in [1.54, 1.807) is 18.3 Å². The van der Waals surface area contributed by atoms with Crippen molar-refractivity contribution < 1.29 is 22.7 Å². The summed E-state index contributed by atoms with van der Waals surface area (Å²) in [5, 5.41) is 3.05. The van der Waals surface area contributed by atoms with Crippen LogP contribution in [0.1, 0.15) is 19.8 Å². The zero-order valence-electron chi connectivity index (χ0n) is 11.6. The topological polar surface area (TPSA) is 51.2 Å². The number of aromatic nitrogens is 1. The average Bonchev–Trinajstić information content (AvgIpc) is 2.41. The Bertz CT molecular complexity index is 487. The number of anilines is 1. The number of rotatable bonds is 8. The van der Waals surface area contributed by atoms with Crippen LogP contribution in [0.15, 0.2) is 30.5 Å². The summed E-state index contributed by atoms with van der Waals surface area (Å²) in [7, 11) is 0. The van der Waals surface area contributed by atoms with Crippen molar-refractivity contribution in [2.75, 3.05) is 18.5 Å². The summed E-state index contributed by atoms with van der Waals surface area (Å²) >= 11 is 0. The maximum absolute atomic E-state index is 11.9. The summed E-state index contributed by atoms with van der Waals surface area (Å²) in [5.74, 6) is -0.0504. The number of halogens is 3. The third kappa shape index (κ3) is 7.96. The van der Waals surface area contributed by atoms with Crippen LogP contribution in [0.2, 0.25) is 0 Å². The fourth-order valence-electron chi connectivity index (χ4n) is 1.51. The van der Waals surface area contributed by atoms with Crippen LogP contribution in [0.25, 0.3) is 0 Å². The lowest BCUT2D eigenvalue weighted by molar-refractivity contribution is -0.115. The van der Waals surface area contributed by atoms with E-state index in [2.05, 4.69) is 10.3 Å². The molecule has 0 atom stereocenters. The van der Waals surface area contributed by atoms with Gasteiger partial charge < -0.3 is 10.1 Å². The molecule has 0 amide bonds. The maximum Gasteiger partial charge on any atom is 0.409 e. The third-order valence-corrected chi connectivity index (χ3v) is 2.41. The van der Waals surface area contributed by atoms with Crippen LogP contribution < -0.4 is 10.1 Å². The highest BCUT2D eigenvalue weighted by Gasteiger charge is 2.22. The Kier molecular flexibility index (Phi) is 6.71. The van der Waals surface area contributed by atoms with E-state index in [0.29, 0.717) is 31.5 Å². The number of nitrogens with one attached hydrogen (secondary N) is 1. The molecule has 0 aliphatic rings. The van der Waals surface area contributed by atoms with Crippen LogP contribution in [-0.2, 0) is 4.79 Å². The molecule has 4 nitrogen and oxygen atoms in total. The van der Waals surface area contributed by atoms with Crippen molar-refractivity contribution in [3.63, 3.8) is 0 Å². The molecule has 1 rings (SSSR count). The van der Waals surface area contributed by atoms with Crippen molar-refractivity contribution in [2.24, 2.45) is 0 Å². The van der Waals surface area contributed by atoms with E-state index in [1.165, 1.54) is 0 Å². The predicted molar refractivity (Wildman–Crippen MR) is 73.3 cm³/mol. The first kappa shape index (κ1) is 17.0. The van der Waals surface area contributed by atoms with Crippen LogP contribution in [0.3, 0.4) is 0 Å². The summed E-state index contributed by atoms with van der Waals surface area (Å²) in [6, 6.07) is 3.46. The van der Waals surface area contributed by atoms with Crippen molar-refractivity contribution in [1.82, 2.24) is 4.98 Å². The normalized spacial score (nSPS) is 11.6. The molecule has 0 spiro atoms. The minimum Gasteiger partial charge on any atom is -0.478 e. The van der Waals surface area contributed by atoms with Crippen LogP contribution in [-0.4, -0.2) is 30.1 Å². The summed E-state index contributed by atoms with van der Waals surface area (Å²) < 4.78 is 40.8. The van der Waals surface area contributed by atoms with Crippen molar-refractivity contribution >= 4 is 11.5 Å². The Morgan fingerprint density at radius 1 is 1.48 bits per heavy atom. The predicted octanol–water partition coefficient (Wildman–Crippen LogP) is 3.36. The summed E-state index contributed by atoms with van der Waals surface area (Å²) in [4.78, 5) is 15.2. The Morgan fingerprint density at radius 2 is 2.24 bits per heavy atom. The first-order chi connectivity index (χ1) is 9.90. The van der Waals surface area contributed by atoms with Crippen molar-refractivity contribution in [2.45, 2.75) is 25.9 Å². The minimum atomic E-state index is -4.44. The molecule has 0 saturated heterocycles. The summed E-state index contributed by atoms with van der Waals surface area (Å²) in [5.41, 5.74) is 0.784.